The zero-order chi connectivity index (χ0) is 22.9. The Kier molecular flexibility index (Phi) is 9.37. The minimum Gasteiger partial charge on any atom is -0.491 e. The maximum Gasteiger partial charge on any atom is 0.513 e. The van der Waals surface area contributed by atoms with Gasteiger partial charge in [0.25, 0.3) is 0 Å². The molecule has 2 aromatic rings. The van der Waals surface area contributed by atoms with Gasteiger partial charge in [0.05, 0.1) is 22.5 Å². The second-order valence-corrected chi connectivity index (χ2v) is 9.64. The molecule has 0 fully saturated rings. The molecule has 2 rings (SSSR count). The van der Waals surface area contributed by atoms with Crippen LogP contribution in [0.3, 0.4) is 0 Å². The average Bonchev–Trinajstić information content (AvgIpc) is 2.74. The summed E-state index contributed by atoms with van der Waals surface area (Å²) in [5, 5.41) is 0. The maximum absolute atomic E-state index is 12.8. The molecule has 0 aliphatic rings. The smallest absolute Gasteiger partial charge is 0.491 e. The summed E-state index contributed by atoms with van der Waals surface area (Å²) in [4.78, 5) is 12.2. The minimum absolute atomic E-state index is 0.00545. The van der Waals surface area contributed by atoms with Crippen LogP contribution in [0, 0.1) is 5.92 Å². The molecule has 0 saturated carbocycles. The molecule has 0 aliphatic heterocycles. The van der Waals surface area contributed by atoms with Gasteiger partial charge in [-0.25, -0.2) is 13.2 Å². The highest BCUT2D eigenvalue weighted by atomic mass is 32.2. The van der Waals surface area contributed by atoms with Gasteiger partial charge in [-0.2, -0.15) is 0 Å². The second-order valence-electron chi connectivity index (χ2n) is 7.69. The molecular weight excluding hydrogens is 416 g/mol. The van der Waals surface area contributed by atoms with E-state index in [1.54, 1.807) is 12.1 Å². The molecule has 6 nitrogen and oxygen atoms in total. The van der Waals surface area contributed by atoms with Crippen molar-refractivity contribution in [1.29, 1.82) is 0 Å². The standard InChI is InChI=1S/C24H32O6S/c1-5-7-8-19(6-2)17-28-24(25)30-21-11-15-23(16-12-21)31(26,27)22-13-9-20(10-14-22)29-18(3)4/h9-16,18-19H,5-8,17H2,1-4H3. The molecule has 0 radical (unpaired) electrons. The lowest BCUT2D eigenvalue weighted by molar-refractivity contribution is 0.0811. The first-order valence-electron chi connectivity index (χ1n) is 10.7. The highest BCUT2D eigenvalue weighted by molar-refractivity contribution is 7.91. The summed E-state index contributed by atoms with van der Waals surface area (Å²) >= 11 is 0. The van der Waals surface area contributed by atoms with Gasteiger partial charge in [-0.3, -0.25) is 0 Å². The van der Waals surface area contributed by atoms with E-state index in [9.17, 15) is 13.2 Å². The minimum atomic E-state index is -3.69. The molecule has 0 aliphatic carbocycles. The van der Waals surface area contributed by atoms with Crippen molar-refractivity contribution in [2.24, 2.45) is 5.92 Å². The highest BCUT2D eigenvalue weighted by Gasteiger charge is 2.18. The topological polar surface area (TPSA) is 78.9 Å². The molecule has 0 saturated heterocycles. The third-order valence-electron chi connectivity index (χ3n) is 4.82. The van der Waals surface area contributed by atoms with Crippen LogP contribution in [-0.2, 0) is 14.6 Å². The summed E-state index contributed by atoms with van der Waals surface area (Å²) in [5.74, 6) is 1.15. The molecule has 0 amide bonds. The Balaban J connectivity index is 1.98. The Morgan fingerprint density at radius 1 is 0.903 bits per heavy atom. The lowest BCUT2D eigenvalue weighted by Crippen LogP contribution is -2.17. The number of rotatable bonds is 11. The Hall–Kier alpha value is -2.54. The Morgan fingerprint density at radius 3 is 1.94 bits per heavy atom. The van der Waals surface area contributed by atoms with Crippen LogP contribution in [0.25, 0.3) is 0 Å². The van der Waals surface area contributed by atoms with Gasteiger partial charge in [-0.1, -0.05) is 33.1 Å². The molecule has 0 heterocycles. The lowest BCUT2D eigenvalue weighted by atomic mass is 10.0. The second kappa shape index (κ2) is 11.7. The fourth-order valence-electron chi connectivity index (χ4n) is 3.00. The van der Waals surface area contributed by atoms with Gasteiger partial charge in [0.2, 0.25) is 9.84 Å². The third-order valence-corrected chi connectivity index (χ3v) is 6.61. The number of carbonyl (C=O) groups is 1. The van der Waals surface area contributed by atoms with Crippen molar-refractivity contribution in [2.45, 2.75) is 69.3 Å². The van der Waals surface area contributed by atoms with Crippen molar-refractivity contribution < 1.29 is 27.4 Å². The number of carbonyl (C=O) groups excluding carboxylic acids is 1. The van der Waals surface area contributed by atoms with Gasteiger partial charge in [0.1, 0.15) is 11.5 Å². The van der Waals surface area contributed by atoms with Crippen LogP contribution in [0.15, 0.2) is 58.3 Å². The first-order chi connectivity index (χ1) is 14.8. The Labute approximate surface area is 185 Å². The molecular formula is C24H32O6S. The molecule has 0 spiro atoms. The average molecular weight is 449 g/mol. The lowest BCUT2D eigenvalue weighted by Gasteiger charge is -2.14. The molecule has 2 aromatic carbocycles. The van der Waals surface area contributed by atoms with Crippen LogP contribution < -0.4 is 9.47 Å². The summed E-state index contributed by atoms with van der Waals surface area (Å²) in [7, 11) is -3.69. The fraction of sp³-hybridized carbons (Fsp3) is 0.458. The summed E-state index contributed by atoms with van der Waals surface area (Å²) in [6.45, 7) is 8.32. The summed E-state index contributed by atoms with van der Waals surface area (Å²) in [6.07, 6.45) is 3.37. The van der Waals surface area contributed by atoms with Gasteiger partial charge < -0.3 is 14.2 Å². The quantitative estimate of drug-likeness (QED) is 0.308. The molecule has 1 unspecified atom stereocenters. The van der Waals surface area contributed by atoms with Crippen molar-refractivity contribution in [3.63, 3.8) is 0 Å². The number of ether oxygens (including phenoxy) is 3. The van der Waals surface area contributed by atoms with Gasteiger partial charge in [-0.05, 0) is 74.7 Å². The summed E-state index contributed by atoms with van der Waals surface area (Å²) in [5.41, 5.74) is 0. The zero-order valence-corrected chi connectivity index (χ0v) is 19.5. The predicted octanol–water partition coefficient (Wildman–Crippen LogP) is 6.04. The van der Waals surface area contributed by atoms with Gasteiger partial charge in [-0.15, -0.1) is 0 Å². The van der Waals surface area contributed by atoms with E-state index in [1.165, 1.54) is 36.4 Å². The van der Waals surface area contributed by atoms with Crippen LogP contribution in [0.4, 0.5) is 4.79 Å². The number of hydrogen-bond donors (Lipinski definition) is 0. The van der Waals surface area contributed by atoms with E-state index in [0.717, 1.165) is 25.7 Å². The van der Waals surface area contributed by atoms with E-state index in [4.69, 9.17) is 14.2 Å². The van der Waals surface area contributed by atoms with Crippen molar-refractivity contribution in [3.8, 4) is 11.5 Å². The van der Waals surface area contributed by atoms with Crippen LogP contribution in [0.5, 0.6) is 11.5 Å². The van der Waals surface area contributed by atoms with Crippen LogP contribution >= 0.6 is 0 Å². The number of unbranched alkanes of at least 4 members (excludes halogenated alkanes) is 1. The van der Waals surface area contributed by atoms with E-state index in [1.807, 2.05) is 13.8 Å². The van der Waals surface area contributed by atoms with Gasteiger partial charge in [0, 0.05) is 0 Å². The van der Waals surface area contributed by atoms with Crippen molar-refractivity contribution in [2.75, 3.05) is 6.61 Å². The monoisotopic (exact) mass is 448 g/mol. The van der Waals surface area contributed by atoms with Crippen LogP contribution in [-0.4, -0.2) is 27.3 Å². The van der Waals surface area contributed by atoms with E-state index in [-0.39, 0.29) is 21.6 Å². The highest BCUT2D eigenvalue weighted by Crippen LogP contribution is 2.25. The van der Waals surface area contributed by atoms with E-state index < -0.39 is 16.0 Å². The number of benzene rings is 2. The van der Waals surface area contributed by atoms with E-state index >= 15 is 0 Å². The molecule has 7 heteroatoms. The largest absolute Gasteiger partial charge is 0.513 e. The van der Waals surface area contributed by atoms with Gasteiger partial charge in [0.15, 0.2) is 0 Å². The molecule has 31 heavy (non-hydrogen) atoms. The molecule has 0 N–H and O–H groups in total. The van der Waals surface area contributed by atoms with E-state index in [2.05, 4.69) is 13.8 Å². The first-order valence-corrected chi connectivity index (χ1v) is 12.2. The molecule has 0 aromatic heterocycles. The SMILES string of the molecule is CCCCC(CC)COC(=O)Oc1ccc(S(=O)(=O)c2ccc(OC(C)C)cc2)cc1. The normalized spacial score (nSPS) is 12.4. The fourth-order valence-corrected chi connectivity index (χ4v) is 4.26. The zero-order valence-electron chi connectivity index (χ0n) is 18.7. The summed E-state index contributed by atoms with van der Waals surface area (Å²) in [6, 6.07) is 12.0. The first kappa shape index (κ1) is 24.7. The number of sulfone groups is 1. The molecule has 170 valence electrons. The van der Waals surface area contributed by atoms with Crippen molar-refractivity contribution in [1.82, 2.24) is 0 Å². The predicted molar refractivity (Wildman–Crippen MR) is 119 cm³/mol. The number of hydrogen-bond acceptors (Lipinski definition) is 6. The summed E-state index contributed by atoms with van der Waals surface area (Å²) < 4.78 is 41.6. The maximum atomic E-state index is 12.8. The molecule has 1 atom stereocenters. The third kappa shape index (κ3) is 7.58. The van der Waals surface area contributed by atoms with Crippen LogP contribution in [0.2, 0.25) is 0 Å². The molecule has 0 bridgehead atoms. The van der Waals surface area contributed by atoms with Crippen molar-refractivity contribution >= 4 is 16.0 Å². The van der Waals surface area contributed by atoms with E-state index in [0.29, 0.717) is 18.3 Å². The van der Waals surface area contributed by atoms with Crippen molar-refractivity contribution in [3.05, 3.63) is 48.5 Å². The Bertz CT molecular complexity index is 918. The van der Waals surface area contributed by atoms with Gasteiger partial charge >= 0.3 is 6.16 Å². The Morgan fingerprint density at radius 2 is 1.45 bits per heavy atom. The van der Waals surface area contributed by atoms with Crippen LogP contribution in [0.1, 0.15) is 53.4 Å².